The molecule has 1 aliphatic rings. The zero-order valence-corrected chi connectivity index (χ0v) is 20.0. The Morgan fingerprint density at radius 1 is 1.23 bits per heavy atom. The average Bonchev–Trinajstić information content (AvgIpc) is 2.67. The standard InChI is InChI=1S/C20H31F3N4O2.HI/c1-4-24-20(26-13-17(14(2)3)27-8-10-28-11-9-27)25-12-15-16(21)6-5-7-18(15)29-19(22)23;/h5-7,14,17,19H,4,8-13H2,1-3H3,(H2,24,25,26);1H. The van der Waals surface area contributed by atoms with Crippen molar-refractivity contribution in [1.29, 1.82) is 0 Å². The SMILES string of the molecule is CCNC(=NCc1c(F)cccc1OC(F)F)NCC(C(C)C)N1CCOCC1.I. The molecule has 0 amide bonds. The van der Waals surface area contributed by atoms with Crippen LogP contribution < -0.4 is 15.4 Å². The molecule has 0 aromatic heterocycles. The van der Waals surface area contributed by atoms with Gasteiger partial charge in [0.25, 0.3) is 0 Å². The van der Waals surface area contributed by atoms with Crippen molar-refractivity contribution in [2.24, 2.45) is 10.9 Å². The molecule has 30 heavy (non-hydrogen) atoms. The van der Waals surface area contributed by atoms with E-state index < -0.39 is 12.4 Å². The van der Waals surface area contributed by atoms with Crippen LogP contribution in [0.5, 0.6) is 5.75 Å². The van der Waals surface area contributed by atoms with Crippen LogP contribution in [0.15, 0.2) is 23.2 Å². The number of guanidine groups is 1. The monoisotopic (exact) mass is 544 g/mol. The number of halogens is 4. The van der Waals surface area contributed by atoms with Gasteiger partial charge in [0, 0.05) is 32.2 Å². The van der Waals surface area contributed by atoms with Crippen molar-refractivity contribution in [3.63, 3.8) is 0 Å². The molecule has 1 fully saturated rings. The van der Waals surface area contributed by atoms with Gasteiger partial charge in [0.05, 0.1) is 25.3 Å². The maximum Gasteiger partial charge on any atom is 0.387 e. The van der Waals surface area contributed by atoms with Crippen molar-refractivity contribution in [3.05, 3.63) is 29.6 Å². The lowest BCUT2D eigenvalue weighted by Crippen LogP contribution is -2.52. The summed E-state index contributed by atoms with van der Waals surface area (Å²) in [5.41, 5.74) is -0.00130. The molecule has 0 radical (unpaired) electrons. The van der Waals surface area contributed by atoms with Crippen molar-refractivity contribution < 1.29 is 22.6 Å². The second kappa shape index (κ2) is 13.9. The lowest BCUT2D eigenvalue weighted by atomic mass is 10.0. The van der Waals surface area contributed by atoms with E-state index in [1.54, 1.807) is 0 Å². The van der Waals surface area contributed by atoms with Crippen molar-refractivity contribution in [2.45, 2.75) is 40.0 Å². The number of morpholine rings is 1. The van der Waals surface area contributed by atoms with Crippen molar-refractivity contribution in [3.8, 4) is 5.75 Å². The molecule has 1 atom stereocenters. The molecule has 1 aliphatic heterocycles. The Labute approximate surface area is 193 Å². The minimum atomic E-state index is -3.02. The molecule has 0 saturated carbocycles. The molecule has 1 heterocycles. The fourth-order valence-corrected chi connectivity index (χ4v) is 3.30. The first-order valence-electron chi connectivity index (χ1n) is 9.98. The lowest BCUT2D eigenvalue weighted by molar-refractivity contribution is -0.0506. The molecule has 172 valence electrons. The van der Waals surface area contributed by atoms with E-state index in [9.17, 15) is 13.2 Å². The Balaban J connectivity index is 0.00000450. The molecule has 10 heteroatoms. The van der Waals surface area contributed by atoms with Gasteiger partial charge in [-0.25, -0.2) is 9.38 Å². The summed E-state index contributed by atoms with van der Waals surface area (Å²) >= 11 is 0. The number of hydrogen-bond acceptors (Lipinski definition) is 4. The van der Waals surface area contributed by atoms with Crippen LogP contribution in [0.25, 0.3) is 0 Å². The first kappa shape index (κ1) is 26.8. The van der Waals surface area contributed by atoms with Gasteiger partial charge in [-0.05, 0) is 25.0 Å². The molecule has 1 unspecified atom stereocenters. The fraction of sp³-hybridized carbons (Fsp3) is 0.650. The molecular formula is C20H32F3IN4O2. The van der Waals surface area contributed by atoms with Gasteiger partial charge < -0.3 is 20.1 Å². The van der Waals surface area contributed by atoms with Gasteiger partial charge in [0.1, 0.15) is 11.6 Å². The zero-order chi connectivity index (χ0) is 21.2. The largest absolute Gasteiger partial charge is 0.434 e. The highest BCUT2D eigenvalue weighted by Crippen LogP contribution is 2.24. The van der Waals surface area contributed by atoms with E-state index in [4.69, 9.17) is 4.74 Å². The number of benzene rings is 1. The van der Waals surface area contributed by atoms with Crippen LogP contribution in [0.4, 0.5) is 13.2 Å². The van der Waals surface area contributed by atoms with Crippen LogP contribution in [-0.4, -0.2) is 62.9 Å². The molecule has 2 rings (SSSR count). The summed E-state index contributed by atoms with van der Waals surface area (Å²) in [7, 11) is 0. The number of rotatable bonds is 9. The number of alkyl halides is 2. The summed E-state index contributed by atoms with van der Waals surface area (Å²) in [6.07, 6.45) is 0. The van der Waals surface area contributed by atoms with Gasteiger partial charge >= 0.3 is 6.61 Å². The molecule has 0 bridgehead atoms. The molecular weight excluding hydrogens is 512 g/mol. The van der Waals surface area contributed by atoms with E-state index in [1.807, 2.05) is 6.92 Å². The van der Waals surface area contributed by atoms with Crippen LogP contribution in [-0.2, 0) is 11.3 Å². The van der Waals surface area contributed by atoms with Crippen molar-refractivity contribution in [2.75, 3.05) is 39.4 Å². The third-order valence-corrected chi connectivity index (χ3v) is 4.79. The molecule has 6 nitrogen and oxygen atoms in total. The van der Waals surface area contributed by atoms with E-state index in [0.717, 1.165) is 26.3 Å². The maximum absolute atomic E-state index is 14.1. The first-order valence-corrected chi connectivity index (χ1v) is 9.98. The number of hydrogen-bond donors (Lipinski definition) is 2. The Morgan fingerprint density at radius 3 is 2.53 bits per heavy atom. The van der Waals surface area contributed by atoms with Gasteiger partial charge in [-0.2, -0.15) is 8.78 Å². The summed E-state index contributed by atoms with van der Waals surface area (Å²) in [6, 6.07) is 4.14. The first-order chi connectivity index (χ1) is 13.9. The normalized spacial score (nSPS) is 16.3. The summed E-state index contributed by atoms with van der Waals surface area (Å²) in [6.45, 7) is 7.58. The second-order valence-corrected chi connectivity index (χ2v) is 7.13. The highest BCUT2D eigenvalue weighted by molar-refractivity contribution is 14.0. The molecule has 1 aromatic carbocycles. The number of ether oxygens (including phenoxy) is 2. The number of nitrogens with zero attached hydrogens (tertiary/aromatic N) is 2. The molecule has 0 spiro atoms. The van der Waals surface area contributed by atoms with Crippen LogP contribution in [0.2, 0.25) is 0 Å². The van der Waals surface area contributed by atoms with Gasteiger partial charge in [0.2, 0.25) is 0 Å². The summed E-state index contributed by atoms with van der Waals surface area (Å²) in [4.78, 5) is 6.76. The van der Waals surface area contributed by atoms with E-state index in [0.29, 0.717) is 25.0 Å². The summed E-state index contributed by atoms with van der Waals surface area (Å²) in [5, 5.41) is 6.41. The van der Waals surface area contributed by atoms with Crippen LogP contribution in [0.3, 0.4) is 0 Å². The molecule has 1 aromatic rings. The molecule has 1 saturated heterocycles. The average molecular weight is 544 g/mol. The second-order valence-electron chi connectivity index (χ2n) is 7.13. The van der Waals surface area contributed by atoms with E-state index in [2.05, 4.69) is 39.1 Å². The van der Waals surface area contributed by atoms with Crippen molar-refractivity contribution >= 4 is 29.9 Å². The fourth-order valence-electron chi connectivity index (χ4n) is 3.30. The van der Waals surface area contributed by atoms with Gasteiger partial charge in [-0.15, -0.1) is 24.0 Å². The van der Waals surface area contributed by atoms with E-state index in [1.165, 1.54) is 18.2 Å². The van der Waals surface area contributed by atoms with Crippen LogP contribution >= 0.6 is 24.0 Å². The Bertz CT molecular complexity index is 659. The minimum Gasteiger partial charge on any atom is -0.434 e. The van der Waals surface area contributed by atoms with Gasteiger partial charge in [-0.1, -0.05) is 19.9 Å². The predicted octanol–water partition coefficient (Wildman–Crippen LogP) is 3.46. The number of nitrogens with one attached hydrogen (secondary N) is 2. The molecule has 2 N–H and O–H groups in total. The molecule has 0 aliphatic carbocycles. The van der Waals surface area contributed by atoms with E-state index in [-0.39, 0.29) is 47.9 Å². The van der Waals surface area contributed by atoms with Crippen molar-refractivity contribution in [1.82, 2.24) is 15.5 Å². The van der Waals surface area contributed by atoms with Gasteiger partial charge in [-0.3, -0.25) is 4.90 Å². The number of aliphatic imine (C=N–C) groups is 1. The maximum atomic E-state index is 14.1. The Morgan fingerprint density at radius 2 is 1.93 bits per heavy atom. The van der Waals surface area contributed by atoms with Gasteiger partial charge in [0.15, 0.2) is 5.96 Å². The highest BCUT2D eigenvalue weighted by atomic mass is 127. The Hall–Kier alpha value is -1.27. The van der Waals surface area contributed by atoms with Crippen LogP contribution in [0.1, 0.15) is 26.3 Å². The summed E-state index contributed by atoms with van der Waals surface area (Å²) < 4.78 is 49.2. The minimum absolute atomic E-state index is 0. The topological polar surface area (TPSA) is 58.1 Å². The Kier molecular flexibility index (Phi) is 12.4. The third-order valence-electron chi connectivity index (χ3n) is 4.79. The summed E-state index contributed by atoms with van der Waals surface area (Å²) in [5.74, 6) is 0.0860. The zero-order valence-electron chi connectivity index (χ0n) is 17.7. The lowest BCUT2D eigenvalue weighted by Gasteiger charge is -2.37. The highest BCUT2D eigenvalue weighted by Gasteiger charge is 2.24. The predicted molar refractivity (Wildman–Crippen MR) is 122 cm³/mol. The smallest absolute Gasteiger partial charge is 0.387 e. The third kappa shape index (κ3) is 8.46. The van der Waals surface area contributed by atoms with Crippen LogP contribution in [0, 0.1) is 11.7 Å². The quantitative estimate of drug-likeness (QED) is 0.284. The van der Waals surface area contributed by atoms with E-state index >= 15 is 0 Å².